The molecule has 28 heavy (non-hydrogen) atoms. The highest BCUT2D eigenvalue weighted by atomic mass is 16.6. The average Bonchev–Trinajstić information content (AvgIpc) is 3.04. The van der Waals surface area contributed by atoms with Crippen LogP contribution in [0.3, 0.4) is 0 Å². The number of nitriles is 1. The molecule has 0 unspecified atom stereocenters. The predicted molar refractivity (Wildman–Crippen MR) is 103 cm³/mol. The number of nitro benzene ring substituents is 1. The molecule has 1 heterocycles. The molecule has 1 aromatic heterocycles. The van der Waals surface area contributed by atoms with E-state index in [-0.39, 0.29) is 23.6 Å². The number of ether oxygens (including phenoxy) is 1. The molecule has 8 nitrogen and oxygen atoms in total. The second-order valence-corrected chi connectivity index (χ2v) is 5.66. The Bertz CT molecular complexity index is 1110. The van der Waals surface area contributed by atoms with Crippen LogP contribution in [0.25, 0.3) is 17.0 Å². The first-order valence-electron chi connectivity index (χ1n) is 8.35. The van der Waals surface area contributed by atoms with Crippen LogP contribution in [0, 0.1) is 21.4 Å². The Morgan fingerprint density at radius 3 is 2.64 bits per heavy atom. The lowest BCUT2D eigenvalue weighted by Gasteiger charge is -2.06. The van der Waals surface area contributed by atoms with Gasteiger partial charge in [-0.1, -0.05) is 12.1 Å². The highest BCUT2D eigenvalue weighted by Gasteiger charge is 2.17. The molecule has 0 spiro atoms. The number of hydrogen-bond donors (Lipinski definition) is 1. The summed E-state index contributed by atoms with van der Waals surface area (Å²) in [6.07, 6.45) is 1.31. The summed E-state index contributed by atoms with van der Waals surface area (Å²) >= 11 is 0. The van der Waals surface area contributed by atoms with Crippen molar-refractivity contribution in [2.45, 2.75) is 6.92 Å². The molecule has 140 valence electrons. The molecule has 2 aromatic carbocycles. The first-order chi connectivity index (χ1) is 13.5. The van der Waals surface area contributed by atoms with Crippen molar-refractivity contribution in [3.05, 3.63) is 70.0 Å². The van der Waals surface area contributed by atoms with Crippen LogP contribution in [0.15, 0.2) is 58.5 Å². The van der Waals surface area contributed by atoms with E-state index in [0.717, 1.165) is 5.39 Å². The van der Waals surface area contributed by atoms with Crippen LogP contribution in [-0.2, 0) is 9.53 Å². The number of nitrogens with zero attached hydrogens (tertiary/aromatic N) is 2. The number of carbonyl (C=O) groups is 1. The van der Waals surface area contributed by atoms with Gasteiger partial charge in [0.05, 0.1) is 17.2 Å². The second-order valence-electron chi connectivity index (χ2n) is 5.66. The van der Waals surface area contributed by atoms with Gasteiger partial charge in [0, 0.05) is 29.3 Å². The number of non-ortho nitro benzene ring substituents is 1. The molecule has 0 radical (unpaired) electrons. The summed E-state index contributed by atoms with van der Waals surface area (Å²) in [5.74, 6) is -0.476. The number of furan rings is 1. The van der Waals surface area contributed by atoms with E-state index >= 15 is 0 Å². The minimum atomic E-state index is -0.744. The molecule has 0 amide bonds. The van der Waals surface area contributed by atoms with Crippen LogP contribution in [0.5, 0.6) is 0 Å². The van der Waals surface area contributed by atoms with E-state index in [1.807, 2.05) is 18.2 Å². The molecule has 8 heteroatoms. The number of hydrogen-bond acceptors (Lipinski definition) is 7. The molecule has 0 bridgehead atoms. The van der Waals surface area contributed by atoms with Crippen LogP contribution >= 0.6 is 0 Å². The summed E-state index contributed by atoms with van der Waals surface area (Å²) in [6, 6.07) is 14.9. The summed E-state index contributed by atoms with van der Waals surface area (Å²) in [5.41, 5.74) is 1.44. The second kappa shape index (κ2) is 8.05. The van der Waals surface area contributed by atoms with E-state index in [4.69, 9.17) is 9.15 Å². The lowest BCUT2D eigenvalue weighted by Crippen LogP contribution is -2.06. The smallest absolute Gasteiger partial charge is 0.349 e. The molecule has 0 saturated heterocycles. The minimum absolute atomic E-state index is 0.0307. The normalized spacial score (nSPS) is 11.1. The number of rotatable bonds is 6. The lowest BCUT2D eigenvalue weighted by molar-refractivity contribution is -0.384. The largest absolute Gasteiger partial charge is 0.462 e. The van der Waals surface area contributed by atoms with Crippen molar-refractivity contribution in [1.82, 2.24) is 0 Å². The summed E-state index contributed by atoms with van der Waals surface area (Å²) in [4.78, 5) is 22.3. The molecular formula is C20H15N3O5. The van der Waals surface area contributed by atoms with Gasteiger partial charge in [-0.3, -0.25) is 10.1 Å². The molecular weight excluding hydrogens is 362 g/mol. The zero-order valence-electron chi connectivity index (χ0n) is 14.8. The van der Waals surface area contributed by atoms with Crippen molar-refractivity contribution in [3.8, 4) is 6.07 Å². The molecule has 0 fully saturated rings. The van der Waals surface area contributed by atoms with E-state index in [1.54, 1.807) is 31.2 Å². The maximum Gasteiger partial charge on any atom is 0.349 e. The standard InChI is InChI=1S/C20H15N3O5/c1-2-27-20(24)13(12-21)11-18-19(16-5-3-4-6-17(16)28-18)22-14-7-9-15(10-8-14)23(25)26/h3-11,22H,2H2,1H3. The molecule has 1 N–H and O–H groups in total. The number of nitrogens with one attached hydrogen (secondary N) is 1. The Morgan fingerprint density at radius 1 is 1.29 bits per heavy atom. The Labute approximate surface area is 159 Å². The number of benzene rings is 2. The summed E-state index contributed by atoms with van der Waals surface area (Å²) in [6.45, 7) is 1.79. The zero-order chi connectivity index (χ0) is 20.1. The van der Waals surface area contributed by atoms with Gasteiger partial charge >= 0.3 is 5.97 Å². The van der Waals surface area contributed by atoms with Gasteiger partial charge in [0.1, 0.15) is 17.2 Å². The van der Waals surface area contributed by atoms with E-state index < -0.39 is 10.9 Å². The number of anilines is 2. The van der Waals surface area contributed by atoms with Gasteiger partial charge < -0.3 is 14.5 Å². The highest BCUT2D eigenvalue weighted by Crippen LogP contribution is 2.35. The third-order valence-corrected chi connectivity index (χ3v) is 3.86. The average molecular weight is 377 g/mol. The zero-order valence-corrected chi connectivity index (χ0v) is 14.8. The molecule has 0 aliphatic heterocycles. The van der Waals surface area contributed by atoms with Crippen LogP contribution in [0.1, 0.15) is 12.7 Å². The van der Waals surface area contributed by atoms with Crippen molar-refractivity contribution < 1.29 is 18.9 Å². The number of fused-ring (bicyclic) bond motifs is 1. The van der Waals surface area contributed by atoms with Gasteiger partial charge in [0.2, 0.25) is 0 Å². The molecule has 0 aliphatic rings. The fraction of sp³-hybridized carbons (Fsp3) is 0.100. The van der Waals surface area contributed by atoms with Gasteiger partial charge in [-0.05, 0) is 31.2 Å². The fourth-order valence-electron chi connectivity index (χ4n) is 2.58. The van der Waals surface area contributed by atoms with Crippen LogP contribution in [-0.4, -0.2) is 17.5 Å². The lowest BCUT2D eigenvalue weighted by atomic mass is 10.1. The summed E-state index contributed by atoms with van der Waals surface area (Å²) in [5, 5.41) is 24.0. The quantitative estimate of drug-likeness (QED) is 0.220. The highest BCUT2D eigenvalue weighted by molar-refractivity contribution is 6.02. The Hall–Kier alpha value is -4.12. The van der Waals surface area contributed by atoms with Crippen molar-refractivity contribution in [1.29, 1.82) is 5.26 Å². The van der Waals surface area contributed by atoms with E-state index in [9.17, 15) is 20.2 Å². The van der Waals surface area contributed by atoms with Gasteiger partial charge in [0.25, 0.3) is 5.69 Å². The Balaban J connectivity index is 2.05. The monoisotopic (exact) mass is 377 g/mol. The molecule has 0 aliphatic carbocycles. The number of para-hydroxylation sites is 1. The van der Waals surface area contributed by atoms with Crippen LogP contribution < -0.4 is 5.32 Å². The van der Waals surface area contributed by atoms with Crippen molar-refractivity contribution in [2.24, 2.45) is 0 Å². The Morgan fingerprint density at radius 2 is 2.00 bits per heavy atom. The summed E-state index contributed by atoms with van der Waals surface area (Å²) in [7, 11) is 0. The molecule has 0 atom stereocenters. The Kier molecular flexibility index (Phi) is 5.37. The summed E-state index contributed by atoms with van der Waals surface area (Å²) < 4.78 is 10.7. The predicted octanol–water partition coefficient (Wildman–Crippen LogP) is 4.55. The van der Waals surface area contributed by atoms with Gasteiger partial charge in [0.15, 0.2) is 5.76 Å². The fourth-order valence-corrected chi connectivity index (χ4v) is 2.58. The first kappa shape index (κ1) is 18.7. The number of esters is 1. The van der Waals surface area contributed by atoms with E-state index in [0.29, 0.717) is 17.0 Å². The van der Waals surface area contributed by atoms with E-state index in [1.165, 1.54) is 18.2 Å². The topological polar surface area (TPSA) is 118 Å². The molecule has 0 saturated carbocycles. The van der Waals surface area contributed by atoms with Crippen LogP contribution in [0.4, 0.5) is 17.1 Å². The van der Waals surface area contributed by atoms with Crippen molar-refractivity contribution >= 4 is 40.1 Å². The van der Waals surface area contributed by atoms with Crippen LogP contribution in [0.2, 0.25) is 0 Å². The van der Waals surface area contributed by atoms with E-state index in [2.05, 4.69) is 5.32 Å². The minimum Gasteiger partial charge on any atom is -0.462 e. The SMILES string of the molecule is CCOC(=O)C(C#N)=Cc1oc2ccccc2c1Nc1ccc([N+](=O)[O-])cc1. The molecule has 3 aromatic rings. The van der Waals surface area contributed by atoms with Crippen molar-refractivity contribution in [3.63, 3.8) is 0 Å². The third kappa shape index (κ3) is 3.83. The maximum absolute atomic E-state index is 11.9. The number of nitro groups is 1. The molecule has 3 rings (SSSR count). The first-order valence-corrected chi connectivity index (χ1v) is 8.35. The van der Waals surface area contributed by atoms with Gasteiger partial charge in [-0.15, -0.1) is 0 Å². The number of carbonyl (C=O) groups excluding carboxylic acids is 1. The van der Waals surface area contributed by atoms with Crippen molar-refractivity contribution in [2.75, 3.05) is 11.9 Å². The maximum atomic E-state index is 11.9. The third-order valence-electron chi connectivity index (χ3n) is 3.86. The van der Waals surface area contributed by atoms with Gasteiger partial charge in [-0.25, -0.2) is 4.79 Å². The van der Waals surface area contributed by atoms with Gasteiger partial charge in [-0.2, -0.15) is 5.26 Å².